The van der Waals surface area contributed by atoms with Gasteiger partial charge in [0.05, 0.1) is 0 Å². The first-order valence-corrected chi connectivity index (χ1v) is 7.87. The van der Waals surface area contributed by atoms with Gasteiger partial charge in [-0.05, 0) is 55.2 Å². The smallest absolute Gasteiger partial charge is 0.0443 e. The normalized spacial score (nSPS) is 27.0. The molecule has 0 aromatic carbocycles. The summed E-state index contributed by atoms with van der Waals surface area (Å²) in [6, 6.07) is 2.89. The van der Waals surface area contributed by atoms with Crippen LogP contribution in [0.4, 0.5) is 0 Å². The van der Waals surface area contributed by atoms with Crippen LogP contribution in [0.2, 0.25) is 0 Å². The van der Waals surface area contributed by atoms with Gasteiger partial charge in [0.2, 0.25) is 0 Å². The van der Waals surface area contributed by atoms with Crippen molar-refractivity contribution in [2.24, 2.45) is 11.8 Å². The van der Waals surface area contributed by atoms with E-state index in [-0.39, 0.29) is 0 Å². The zero-order chi connectivity index (χ0) is 12.3. The van der Waals surface area contributed by atoms with Gasteiger partial charge >= 0.3 is 0 Å². The van der Waals surface area contributed by atoms with Gasteiger partial charge in [0.25, 0.3) is 0 Å². The zero-order valence-corrected chi connectivity index (χ0v) is 12.1. The molecule has 0 radical (unpaired) electrons. The molecule has 3 unspecified atom stereocenters. The topological polar surface area (TPSA) is 12.0 Å². The van der Waals surface area contributed by atoms with Gasteiger partial charge in [0.15, 0.2) is 0 Å². The van der Waals surface area contributed by atoms with Gasteiger partial charge in [-0.15, -0.1) is 11.3 Å². The standard InChI is InChI=1S/C15H25NS/c1-4-12-8-9-17-15(12)14(16-3)13-7-5-6-11(2)10-13/h8-9,11,13-14,16H,4-7,10H2,1-3H3. The lowest BCUT2D eigenvalue weighted by molar-refractivity contribution is 0.231. The SMILES string of the molecule is CCc1ccsc1C(NC)C1CCCC(C)C1. The second-order valence-electron chi connectivity index (χ2n) is 5.46. The Labute approximate surface area is 110 Å². The van der Waals surface area contributed by atoms with E-state index in [1.165, 1.54) is 32.1 Å². The average Bonchev–Trinajstić information content (AvgIpc) is 2.78. The van der Waals surface area contributed by atoms with Crippen molar-refractivity contribution in [2.75, 3.05) is 7.05 Å². The zero-order valence-electron chi connectivity index (χ0n) is 11.3. The molecular formula is C15H25NS. The van der Waals surface area contributed by atoms with Crippen molar-refractivity contribution in [3.63, 3.8) is 0 Å². The maximum atomic E-state index is 3.58. The van der Waals surface area contributed by atoms with Gasteiger partial charge in [0.1, 0.15) is 0 Å². The molecule has 0 spiro atoms. The van der Waals surface area contributed by atoms with Crippen molar-refractivity contribution in [1.29, 1.82) is 0 Å². The van der Waals surface area contributed by atoms with Crippen LogP contribution in [0.5, 0.6) is 0 Å². The molecule has 1 nitrogen and oxygen atoms in total. The van der Waals surface area contributed by atoms with E-state index in [0.717, 1.165) is 11.8 Å². The van der Waals surface area contributed by atoms with E-state index in [9.17, 15) is 0 Å². The number of hydrogen-bond donors (Lipinski definition) is 1. The van der Waals surface area contributed by atoms with Crippen molar-refractivity contribution in [2.45, 2.75) is 52.0 Å². The molecule has 1 heterocycles. The fraction of sp³-hybridized carbons (Fsp3) is 0.733. The summed E-state index contributed by atoms with van der Waals surface area (Å²) < 4.78 is 0. The predicted molar refractivity (Wildman–Crippen MR) is 76.6 cm³/mol. The van der Waals surface area contributed by atoms with Gasteiger partial charge < -0.3 is 5.32 Å². The van der Waals surface area contributed by atoms with Gasteiger partial charge in [0, 0.05) is 10.9 Å². The molecule has 0 aliphatic heterocycles. The summed E-state index contributed by atoms with van der Waals surface area (Å²) in [6.07, 6.45) is 6.80. The van der Waals surface area contributed by atoms with Crippen molar-refractivity contribution < 1.29 is 0 Å². The highest BCUT2D eigenvalue weighted by Crippen LogP contribution is 2.39. The summed E-state index contributed by atoms with van der Waals surface area (Å²) in [5.41, 5.74) is 1.55. The lowest BCUT2D eigenvalue weighted by Crippen LogP contribution is -2.29. The van der Waals surface area contributed by atoms with Crippen LogP contribution in [-0.4, -0.2) is 7.05 Å². The Balaban J connectivity index is 2.15. The van der Waals surface area contributed by atoms with E-state index in [2.05, 4.69) is 37.7 Å². The third-order valence-corrected chi connectivity index (χ3v) is 5.25. The number of thiophene rings is 1. The number of nitrogens with one attached hydrogen (secondary N) is 1. The summed E-state index contributed by atoms with van der Waals surface area (Å²) >= 11 is 1.94. The Bertz CT molecular complexity index is 344. The molecule has 96 valence electrons. The van der Waals surface area contributed by atoms with Gasteiger partial charge in [-0.1, -0.05) is 26.7 Å². The minimum atomic E-state index is 0.590. The fourth-order valence-corrected chi connectivity index (χ4v) is 4.48. The third kappa shape index (κ3) is 2.92. The molecule has 1 N–H and O–H groups in total. The highest BCUT2D eigenvalue weighted by Gasteiger charge is 2.28. The fourth-order valence-electron chi connectivity index (χ4n) is 3.28. The summed E-state index contributed by atoms with van der Waals surface area (Å²) in [4.78, 5) is 1.59. The van der Waals surface area contributed by atoms with Gasteiger partial charge in [-0.2, -0.15) is 0 Å². The molecule has 1 aliphatic carbocycles. The maximum absolute atomic E-state index is 3.58. The molecule has 2 heteroatoms. The lowest BCUT2D eigenvalue weighted by atomic mass is 9.78. The summed E-state index contributed by atoms with van der Waals surface area (Å²) in [5, 5.41) is 5.83. The minimum absolute atomic E-state index is 0.590. The molecule has 0 bridgehead atoms. The van der Waals surface area contributed by atoms with Crippen LogP contribution < -0.4 is 5.32 Å². The van der Waals surface area contributed by atoms with Crippen LogP contribution in [0.15, 0.2) is 11.4 Å². The Morgan fingerprint density at radius 3 is 2.94 bits per heavy atom. The molecule has 3 atom stereocenters. The molecular weight excluding hydrogens is 226 g/mol. The molecule has 1 aromatic heterocycles. The molecule has 1 aliphatic rings. The summed E-state index contributed by atoms with van der Waals surface area (Å²) in [5.74, 6) is 1.75. The highest BCUT2D eigenvalue weighted by atomic mass is 32.1. The highest BCUT2D eigenvalue weighted by molar-refractivity contribution is 7.10. The molecule has 2 rings (SSSR count). The van der Waals surface area contributed by atoms with E-state index < -0.39 is 0 Å². The van der Waals surface area contributed by atoms with Crippen LogP contribution in [-0.2, 0) is 6.42 Å². The molecule has 1 fully saturated rings. The minimum Gasteiger partial charge on any atom is -0.312 e. The molecule has 17 heavy (non-hydrogen) atoms. The largest absolute Gasteiger partial charge is 0.312 e. The van der Waals surface area contributed by atoms with Crippen molar-refractivity contribution in [1.82, 2.24) is 5.32 Å². The second kappa shape index (κ2) is 6.01. The van der Waals surface area contributed by atoms with E-state index in [1.807, 2.05) is 11.3 Å². The first-order chi connectivity index (χ1) is 8.26. The van der Waals surface area contributed by atoms with Gasteiger partial charge in [-0.3, -0.25) is 0 Å². The van der Waals surface area contributed by atoms with Crippen LogP contribution in [0.1, 0.15) is 56.0 Å². The first kappa shape index (κ1) is 13.1. The Morgan fingerprint density at radius 1 is 1.47 bits per heavy atom. The average molecular weight is 251 g/mol. The van der Waals surface area contributed by atoms with E-state index >= 15 is 0 Å². The molecule has 0 saturated heterocycles. The second-order valence-corrected chi connectivity index (χ2v) is 6.41. The lowest BCUT2D eigenvalue weighted by Gasteiger charge is -2.33. The molecule has 0 amide bonds. The quantitative estimate of drug-likeness (QED) is 0.836. The summed E-state index contributed by atoms with van der Waals surface area (Å²) in [7, 11) is 2.13. The number of rotatable bonds is 4. The van der Waals surface area contributed by atoms with Gasteiger partial charge in [-0.25, -0.2) is 0 Å². The van der Waals surface area contributed by atoms with Crippen molar-refractivity contribution in [3.8, 4) is 0 Å². The van der Waals surface area contributed by atoms with Crippen LogP contribution in [0, 0.1) is 11.8 Å². The molecule has 1 saturated carbocycles. The third-order valence-electron chi connectivity index (χ3n) is 4.20. The van der Waals surface area contributed by atoms with E-state index in [0.29, 0.717) is 6.04 Å². The van der Waals surface area contributed by atoms with E-state index in [4.69, 9.17) is 0 Å². The Morgan fingerprint density at radius 2 is 2.29 bits per heavy atom. The summed E-state index contributed by atoms with van der Waals surface area (Å²) in [6.45, 7) is 4.68. The monoisotopic (exact) mass is 251 g/mol. The van der Waals surface area contributed by atoms with Crippen LogP contribution in [0.25, 0.3) is 0 Å². The Kier molecular flexibility index (Phi) is 4.63. The van der Waals surface area contributed by atoms with Crippen LogP contribution >= 0.6 is 11.3 Å². The number of aryl methyl sites for hydroxylation is 1. The van der Waals surface area contributed by atoms with E-state index in [1.54, 1.807) is 10.4 Å². The first-order valence-electron chi connectivity index (χ1n) is 6.99. The Hall–Kier alpha value is -0.340. The van der Waals surface area contributed by atoms with Crippen LogP contribution in [0.3, 0.4) is 0 Å². The van der Waals surface area contributed by atoms with Crippen molar-refractivity contribution in [3.05, 3.63) is 21.9 Å². The predicted octanol–water partition coefficient (Wildman–Crippen LogP) is 4.40. The van der Waals surface area contributed by atoms with Crippen molar-refractivity contribution >= 4 is 11.3 Å². The maximum Gasteiger partial charge on any atom is 0.0443 e. The number of hydrogen-bond acceptors (Lipinski definition) is 2. The molecule has 1 aromatic rings.